The van der Waals surface area contributed by atoms with Crippen molar-refractivity contribution in [3.8, 4) is 0 Å². The molecule has 1 aliphatic rings. The molecule has 1 atom stereocenters. The van der Waals surface area contributed by atoms with E-state index in [2.05, 4.69) is 41.2 Å². The van der Waals surface area contributed by atoms with E-state index in [1.165, 1.54) is 17.5 Å². The van der Waals surface area contributed by atoms with Crippen LogP contribution in [0, 0.1) is 0 Å². The number of aromatic nitrogens is 3. The average Bonchev–Trinajstić information content (AvgIpc) is 3.01. The lowest BCUT2D eigenvalue weighted by Gasteiger charge is -2.35. The minimum atomic E-state index is -0.0500. The van der Waals surface area contributed by atoms with Gasteiger partial charge in [-0.1, -0.05) is 37.3 Å². The Morgan fingerprint density at radius 3 is 2.73 bits per heavy atom. The smallest absolute Gasteiger partial charge is 0.298 e. The average molecular weight is 350 g/mol. The minimum absolute atomic E-state index is 0.0500. The molecule has 0 bridgehead atoms. The number of hydrogen-bond donors (Lipinski definition) is 0. The van der Waals surface area contributed by atoms with Gasteiger partial charge in [-0.2, -0.15) is 0 Å². The van der Waals surface area contributed by atoms with Crippen LogP contribution in [-0.2, 0) is 19.4 Å². The van der Waals surface area contributed by atoms with E-state index in [9.17, 15) is 4.79 Å². The number of rotatable bonds is 6. The van der Waals surface area contributed by atoms with Gasteiger partial charge in [0.15, 0.2) is 5.65 Å². The van der Waals surface area contributed by atoms with Gasteiger partial charge in [0.05, 0.1) is 6.54 Å². The number of pyridine rings is 1. The molecule has 0 amide bonds. The van der Waals surface area contributed by atoms with Crippen LogP contribution in [-0.4, -0.2) is 38.2 Å². The third-order valence-electron chi connectivity index (χ3n) is 5.44. The monoisotopic (exact) mass is 350 g/mol. The summed E-state index contributed by atoms with van der Waals surface area (Å²) in [4.78, 5) is 15.0. The van der Waals surface area contributed by atoms with Crippen molar-refractivity contribution in [2.45, 2.75) is 45.2 Å². The fourth-order valence-corrected chi connectivity index (χ4v) is 4.09. The predicted octanol–water partition coefficient (Wildman–Crippen LogP) is 2.77. The van der Waals surface area contributed by atoms with Gasteiger partial charge in [0.25, 0.3) is 0 Å². The van der Waals surface area contributed by atoms with Crippen molar-refractivity contribution >= 4 is 5.65 Å². The topological polar surface area (TPSA) is 42.5 Å². The summed E-state index contributed by atoms with van der Waals surface area (Å²) in [6, 6.07) is 15.0. The number of hydrogen-bond acceptors (Lipinski definition) is 3. The SMILES string of the molecule is CCCN(CCn1nc2ccccn2c1=O)C1CCc2ccccc2C1. The zero-order chi connectivity index (χ0) is 17.9. The van der Waals surface area contributed by atoms with E-state index in [1.54, 1.807) is 15.3 Å². The standard InChI is InChI=1S/C21H26N4O/c1-2-12-23(19-11-10-17-7-3-4-8-18(17)16-19)14-15-25-21(26)24-13-6-5-9-20(24)22-25/h3-9,13,19H,2,10-12,14-16H2,1H3. The Hall–Kier alpha value is -2.40. The van der Waals surface area contributed by atoms with Gasteiger partial charge in [0.1, 0.15) is 0 Å². The second-order valence-corrected chi connectivity index (χ2v) is 7.14. The summed E-state index contributed by atoms with van der Waals surface area (Å²) in [5, 5.41) is 4.47. The van der Waals surface area contributed by atoms with Crippen LogP contribution in [0.1, 0.15) is 30.9 Å². The van der Waals surface area contributed by atoms with Gasteiger partial charge >= 0.3 is 5.69 Å². The molecular formula is C21H26N4O. The van der Waals surface area contributed by atoms with Gasteiger partial charge in [0, 0.05) is 18.8 Å². The molecular weight excluding hydrogens is 324 g/mol. The fourth-order valence-electron chi connectivity index (χ4n) is 4.09. The Bertz CT molecular complexity index is 942. The Kier molecular flexibility index (Phi) is 4.89. The molecule has 0 radical (unpaired) electrons. The van der Waals surface area contributed by atoms with Crippen LogP contribution in [0.3, 0.4) is 0 Å². The van der Waals surface area contributed by atoms with E-state index in [4.69, 9.17) is 0 Å². The lowest BCUT2D eigenvalue weighted by molar-refractivity contribution is 0.170. The molecule has 0 spiro atoms. The molecule has 0 saturated heterocycles. The van der Waals surface area contributed by atoms with E-state index in [0.29, 0.717) is 18.2 Å². The van der Waals surface area contributed by atoms with E-state index < -0.39 is 0 Å². The highest BCUT2D eigenvalue weighted by Crippen LogP contribution is 2.24. The summed E-state index contributed by atoms with van der Waals surface area (Å²) in [5.74, 6) is 0. The van der Waals surface area contributed by atoms with Crippen LogP contribution in [0.15, 0.2) is 53.5 Å². The number of fused-ring (bicyclic) bond motifs is 2. The molecule has 2 aromatic heterocycles. The number of aryl methyl sites for hydroxylation is 1. The summed E-state index contributed by atoms with van der Waals surface area (Å²) in [7, 11) is 0. The largest absolute Gasteiger partial charge is 0.350 e. The first kappa shape index (κ1) is 17.0. The second kappa shape index (κ2) is 7.46. The second-order valence-electron chi connectivity index (χ2n) is 7.14. The van der Waals surface area contributed by atoms with Crippen LogP contribution >= 0.6 is 0 Å². The van der Waals surface area contributed by atoms with E-state index >= 15 is 0 Å². The lowest BCUT2D eigenvalue weighted by atomic mass is 9.87. The van der Waals surface area contributed by atoms with Crippen molar-refractivity contribution in [3.63, 3.8) is 0 Å². The van der Waals surface area contributed by atoms with Crippen LogP contribution in [0.2, 0.25) is 0 Å². The van der Waals surface area contributed by atoms with Gasteiger partial charge in [-0.15, -0.1) is 5.10 Å². The molecule has 1 aliphatic carbocycles. The van der Waals surface area contributed by atoms with Crippen LogP contribution in [0.25, 0.3) is 5.65 Å². The first-order valence-electron chi connectivity index (χ1n) is 9.61. The molecule has 5 heteroatoms. The fraction of sp³-hybridized carbons (Fsp3) is 0.429. The molecule has 0 N–H and O–H groups in total. The van der Waals surface area contributed by atoms with Gasteiger partial charge in [-0.3, -0.25) is 9.30 Å². The first-order chi connectivity index (χ1) is 12.8. The Morgan fingerprint density at radius 1 is 1.12 bits per heavy atom. The summed E-state index contributed by atoms with van der Waals surface area (Å²) >= 11 is 0. The normalized spacial score (nSPS) is 16.9. The highest BCUT2D eigenvalue weighted by molar-refractivity contribution is 5.35. The minimum Gasteiger partial charge on any atom is -0.298 e. The summed E-state index contributed by atoms with van der Waals surface area (Å²) in [6.07, 6.45) is 6.35. The summed E-state index contributed by atoms with van der Waals surface area (Å²) < 4.78 is 3.22. The van der Waals surface area contributed by atoms with Crippen molar-refractivity contribution in [1.29, 1.82) is 0 Å². The van der Waals surface area contributed by atoms with E-state index in [-0.39, 0.29) is 5.69 Å². The van der Waals surface area contributed by atoms with Crippen molar-refractivity contribution in [1.82, 2.24) is 19.1 Å². The highest BCUT2D eigenvalue weighted by Gasteiger charge is 2.23. The molecule has 0 aliphatic heterocycles. The highest BCUT2D eigenvalue weighted by atomic mass is 16.2. The maximum absolute atomic E-state index is 12.5. The van der Waals surface area contributed by atoms with E-state index in [0.717, 1.165) is 32.4 Å². The molecule has 5 nitrogen and oxygen atoms in total. The number of nitrogens with zero attached hydrogens (tertiary/aromatic N) is 4. The summed E-state index contributed by atoms with van der Waals surface area (Å²) in [5.41, 5.74) is 3.64. The quantitative estimate of drug-likeness (QED) is 0.686. The van der Waals surface area contributed by atoms with Crippen molar-refractivity contribution in [3.05, 3.63) is 70.3 Å². The van der Waals surface area contributed by atoms with Crippen molar-refractivity contribution in [2.75, 3.05) is 13.1 Å². The third-order valence-corrected chi connectivity index (χ3v) is 5.44. The molecule has 26 heavy (non-hydrogen) atoms. The van der Waals surface area contributed by atoms with Crippen LogP contribution < -0.4 is 5.69 Å². The van der Waals surface area contributed by atoms with E-state index in [1.807, 2.05) is 18.2 Å². The lowest BCUT2D eigenvalue weighted by Crippen LogP contribution is -2.42. The van der Waals surface area contributed by atoms with Gasteiger partial charge in [-0.05, 0) is 55.5 Å². The summed E-state index contributed by atoms with van der Waals surface area (Å²) in [6.45, 7) is 4.79. The predicted molar refractivity (Wildman–Crippen MR) is 104 cm³/mol. The van der Waals surface area contributed by atoms with Crippen LogP contribution in [0.5, 0.6) is 0 Å². The molecule has 3 aromatic rings. The molecule has 0 fully saturated rings. The first-order valence-corrected chi connectivity index (χ1v) is 9.61. The molecule has 0 saturated carbocycles. The zero-order valence-electron chi connectivity index (χ0n) is 15.3. The van der Waals surface area contributed by atoms with Crippen molar-refractivity contribution < 1.29 is 0 Å². The molecule has 1 unspecified atom stereocenters. The molecule has 136 valence electrons. The molecule has 1 aromatic carbocycles. The van der Waals surface area contributed by atoms with Gasteiger partial charge in [-0.25, -0.2) is 9.48 Å². The zero-order valence-corrected chi connectivity index (χ0v) is 15.3. The molecule has 4 rings (SSSR count). The van der Waals surface area contributed by atoms with Gasteiger partial charge < -0.3 is 0 Å². The Labute approximate surface area is 153 Å². The number of benzene rings is 1. The maximum Gasteiger partial charge on any atom is 0.350 e. The third kappa shape index (κ3) is 3.31. The molecule has 2 heterocycles. The van der Waals surface area contributed by atoms with Gasteiger partial charge in [0.2, 0.25) is 0 Å². The van der Waals surface area contributed by atoms with Crippen LogP contribution in [0.4, 0.5) is 0 Å². The van der Waals surface area contributed by atoms with Crippen molar-refractivity contribution in [2.24, 2.45) is 0 Å². The Balaban J connectivity index is 1.49. The maximum atomic E-state index is 12.5. The Morgan fingerprint density at radius 2 is 1.92 bits per heavy atom.